The Morgan fingerprint density at radius 1 is 1.63 bits per heavy atom. The molecule has 0 radical (unpaired) electrons. The summed E-state index contributed by atoms with van der Waals surface area (Å²) in [5.74, 6) is -0.291. The van der Waals surface area contributed by atoms with Gasteiger partial charge in [-0.05, 0) is 37.9 Å². The standard InChI is InChI=1S/C12H17N3O4/c1-14(8-9-3-2-6-13-7-9)12(16)10-4-5-11(19-10)15(17)18/h4-5,9,13H,2-3,6-8H2,1H3. The molecule has 2 rings (SSSR count). The molecule has 0 spiro atoms. The average Bonchev–Trinajstić information content (AvgIpc) is 2.88. The molecule has 0 saturated carbocycles. The Bertz CT molecular complexity index is 465. The highest BCUT2D eigenvalue weighted by molar-refractivity contribution is 5.91. The van der Waals surface area contributed by atoms with Crippen LogP contribution in [0.3, 0.4) is 0 Å². The van der Waals surface area contributed by atoms with Gasteiger partial charge in [-0.1, -0.05) is 0 Å². The van der Waals surface area contributed by atoms with E-state index in [1.54, 1.807) is 11.9 Å². The number of nitro groups is 1. The smallest absolute Gasteiger partial charge is 0.395 e. The molecule has 1 fully saturated rings. The highest BCUT2D eigenvalue weighted by Gasteiger charge is 2.23. The molecule has 1 aromatic rings. The molecule has 1 N–H and O–H groups in total. The number of amides is 1. The fourth-order valence-electron chi connectivity index (χ4n) is 2.28. The van der Waals surface area contributed by atoms with Gasteiger partial charge >= 0.3 is 5.88 Å². The summed E-state index contributed by atoms with van der Waals surface area (Å²) in [6.45, 7) is 2.55. The van der Waals surface area contributed by atoms with Crippen LogP contribution in [0, 0.1) is 16.0 Å². The Labute approximate surface area is 110 Å². The quantitative estimate of drug-likeness (QED) is 0.655. The van der Waals surface area contributed by atoms with E-state index in [0.717, 1.165) is 25.9 Å². The van der Waals surface area contributed by atoms with E-state index >= 15 is 0 Å². The number of carbonyl (C=O) groups excluding carboxylic acids is 1. The molecule has 0 aliphatic carbocycles. The van der Waals surface area contributed by atoms with Gasteiger partial charge in [-0.15, -0.1) is 0 Å². The lowest BCUT2D eigenvalue weighted by Gasteiger charge is -2.27. The van der Waals surface area contributed by atoms with Gasteiger partial charge in [-0.2, -0.15) is 0 Å². The summed E-state index contributed by atoms with van der Waals surface area (Å²) in [5.41, 5.74) is 0. The predicted octanol–water partition coefficient (Wildman–Crippen LogP) is 1.26. The van der Waals surface area contributed by atoms with E-state index in [1.165, 1.54) is 12.1 Å². The van der Waals surface area contributed by atoms with E-state index < -0.39 is 10.8 Å². The monoisotopic (exact) mass is 267 g/mol. The van der Waals surface area contributed by atoms with Gasteiger partial charge in [-0.25, -0.2) is 0 Å². The van der Waals surface area contributed by atoms with E-state index in [4.69, 9.17) is 4.42 Å². The first-order chi connectivity index (χ1) is 9.08. The molecule has 0 bridgehead atoms. The number of piperidine rings is 1. The summed E-state index contributed by atoms with van der Waals surface area (Å²) in [4.78, 5) is 23.5. The fourth-order valence-corrected chi connectivity index (χ4v) is 2.28. The molecule has 7 nitrogen and oxygen atoms in total. The van der Waals surface area contributed by atoms with Crippen molar-refractivity contribution in [2.24, 2.45) is 5.92 Å². The number of hydrogen-bond donors (Lipinski definition) is 1. The van der Waals surface area contributed by atoms with E-state index in [1.807, 2.05) is 0 Å². The van der Waals surface area contributed by atoms with Gasteiger partial charge in [0.05, 0.1) is 6.07 Å². The molecule has 2 heterocycles. The van der Waals surface area contributed by atoms with Crippen LogP contribution >= 0.6 is 0 Å². The Balaban J connectivity index is 1.95. The summed E-state index contributed by atoms with van der Waals surface area (Å²) in [5, 5.41) is 13.8. The molecule has 104 valence electrons. The number of nitrogens with one attached hydrogen (secondary N) is 1. The normalized spacial score (nSPS) is 19.1. The van der Waals surface area contributed by atoms with Crippen molar-refractivity contribution >= 4 is 11.8 Å². The van der Waals surface area contributed by atoms with Crippen molar-refractivity contribution in [2.45, 2.75) is 12.8 Å². The zero-order valence-electron chi connectivity index (χ0n) is 10.8. The van der Waals surface area contributed by atoms with Crippen molar-refractivity contribution in [3.63, 3.8) is 0 Å². The molecule has 7 heteroatoms. The Morgan fingerprint density at radius 2 is 2.42 bits per heavy atom. The molecule has 1 aliphatic heterocycles. The molecule has 1 aliphatic rings. The van der Waals surface area contributed by atoms with Crippen LogP contribution in [0.1, 0.15) is 23.4 Å². The van der Waals surface area contributed by atoms with Crippen LogP contribution in [0.25, 0.3) is 0 Å². The SMILES string of the molecule is CN(CC1CCCNC1)C(=O)c1ccc([N+](=O)[O-])o1. The third kappa shape index (κ3) is 3.31. The maximum absolute atomic E-state index is 12.0. The molecule has 1 saturated heterocycles. The molecule has 19 heavy (non-hydrogen) atoms. The minimum atomic E-state index is -0.651. The zero-order chi connectivity index (χ0) is 13.8. The molecular weight excluding hydrogens is 250 g/mol. The zero-order valence-corrected chi connectivity index (χ0v) is 10.8. The van der Waals surface area contributed by atoms with Crippen molar-refractivity contribution in [1.29, 1.82) is 0 Å². The first-order valence-corrected chi connectivity index (χ1v) is 6.28. The average molecular weight is 267 g/mol. The maximum atomic E-state index is 12.0. The van der Waals surface area contributed by atoms with Crippen LogP contribution in [0.15, 0.2) is 16.5 Å². The van der Waals surface area contributed by atoms with Crippen LogP contribution in [0.5, 0.6) is 0 Å². The second-order valence-corrected chi connectivity index (χ2v) is 4.79. The van der Waals surface area contributed by atoms with Gasteiger partial charge in [0.1, 0.15) is 4.92 Å². The van der Waals surface area contributed by atoms with Crippen molar-refractivity contribution in [2.75, 3.05) is 26.7 Å². The van der Waals surface area contributed by atoms with E-state index in [-0.39, 0.29) is 11.7 Å². The van der Waals surface area contributed by atoms with Crippen molar-refractivity contribution in [3.8, 4) is 0 Å². The lowest BCUT2D eigenvalue weighted by molar-refractivity contribution is -0.402. The van der Waals surface area contributed by atoms with Crippen molar-refractivity contribution in [1.82, 2.24) is 10.2 Å². The van der Waals surface area contributed by atoms with Crippen LogP contribution in [0.4, 0.5) is 5.88 Å². The number of carbonyl (C=O) groups is 1. The van der Waals surface area contributed by atoms with Gasteiger partial charge < -0.3 is 14.6 Å². The highest BCUT2D eigenvalue weighted by atomic mass is 16.6. The number of furan rings is 1. The predicted molar refractivity (Wildman–Crippen MR) is 67.9 cm³/mol. The second-order valence-electron chi connectivity index (χ2n) is 4.79. The van der Waals surface area contributed by atoms with E-state index in [0.29, 0.717) is 12.5 Å². The Hall–Kier alpha value is -1.89. The first-order valence-electron chi connectivity index (χ1n) is 6.28. The fraction of sp³-hybridized carbons (Fsp3) is 0.583. The molecular formula is C12H17N3O4. The van der Waals surface area contributed by atoms with Crippen LogP contribution < -0.4 is 5.32 Å². The van der Waals surface area contributed by atoms with Crippen LogP contribution in [0.2, 0.25) is 0 Å². The number of hydrogen-bond acceptors (Lipinski definition) is 5. The third-order valence-corrected chi connectivity index (χ3v) is 3.26. The van der Waals surface area contributed by atoms with Gasteiger partial charge in [0.25, 0.3) is 5.91 Å². The van der Waals surface area contributed by atoms with Crippen molar-refractivity contribution < 1.29 is 14.1 Å². The Morgan fingerprint density at radius 3 is 3.00 bits per heavy atom. The minimum Gasteiger partial charge on any atom is -0.395 e. The highest BCUT2D eigenvalue weighted by Crippen LogP contribution is 2.18. The molecule has 1 aromatic heterocycles. The lowest BCUT2D eigenvalue weighted by atomic mass is 9.99. The second kappa shape index (κ2) is 5.83. The summed E-state index contributed by atoms with van der Waals surface area (Å²) in [7, 11) is 1.69. The minimum absolute atomic E-state index is 0.0120. The largest absolute Gasteiger partial charge is 0.433 e. The molecule has 1 amide bonds. The van der Waals surface area contributed by atoms with Gasteiger partial charge in [0.2, 0.25) is 0 Å². The van der Waals surface area contributed by atoms with Crippen LogP contribution in [-0.4, -0.2) is 42.4 Å². The summed E-state index contributed by atoms with van der Waals surface area (Å²) in [6, 6.07) is 2.54. The Kier molecular flexibility index (Phi) is 4.16. The summed E-state index contributed by atoms with van der Waals surface area (Å²) >= 11 is 0. The molecule has 0 aromatic carbocycles. The van der Waals surface area contributed by atoms with Gasteiger partial charge in [0, 0.05) is 13.6 Å². The maximum Gasteiger partial charge on any atom is 0.433 e. The summed E-state index contributed by atoms with van der Waals surface area (Å²) in [6.07, 6.45) is 2.20. The van der Waals surface area contributed by atoms with E-state index in [2.05, 4.69) is 5.32 Å². The van der Waals surface area contributed by atoms with Crippen molar-refractivity contribution in [3.05, 3.63) is 28.0 Å². The van der Waals surface area contributed by atoms with Gasteiger partial charge in [-0.3, -0.25) is 14.9 Å². The van der Waals surface area contributed by atoms with Crippen LogP contribution in [-0.2, 0) is 0 Å². The molecule has 1 atom stereocenters. The lowest BCUT2D eigenvalue weighted by Crippen LogP contribution is -2.39. The summed E-state index contributed by atoms with van der Waals surface area (Å²) < 4.78 is 4.91. The molecule has 1 unspecified atom stereocenters. The van der Waals surface area contributed by atoms with E-state index in [9.17, 15) is 14.9 Å². The number of rotatable bonds is 4. The topological polar surface area (TPSA) is 88.6 Å². The first kappa shape index (κ1) is 13.5. The number of nitrogens with zero attached hydrogens (tertiary/aromatic N) is 2. The third-order valence-electron chi connectivity index (χ3n) is 3.26. The van der Waals surface area contributed by atoms with Gasteiger partial charge in [0.15, 0.2) is 5.76 Å².